The van der Waals surface area contributed by atoms with Crippen LogP contribution in [0.5, 0.6) is 5.75 Å². The van der Waals surface area contributed by atoms with E-state index in [1.54, 1.807) is 18.2 Å². The van der Waals surface area contributed by atoms with Gasteiger partial charge in [-0.15, -0.1) is 0 Å². The predicted molar refractivity (Wildman–Crippen MR) is 97.0 cm³/mol. The smallest absolute Gasteiger partial charge is 0.258 e. The molecule has 0 aliphatic carbocycles. The molecule has 1 atom stereocenters. The van der Waals surface area contributed by atoms with Gasteiger partial charge in [-0.2, -0.15) is 0 Å². The van der Waals surface area contributed by atoms with E-state index in [0.717, 1.165) is 16.5 Å². The molecule has 122 valence electrons. The van der Waals surface area contributed by atoms with Crippen molar-refractivity contribution in [2.45, 2.75) is 26.3 Å². The lowest BCUT2D eigenvalue weighted by Crippen LogP contribution is -2.32. The zero-order chi connectivity index (χ0) is 16.8. The predicted octanol–water partition coefficient (Wildman–Crippen LogP) is 5.06. The van der Waals surface area contributed by atoms with E-state index < -0.39 is 0 Å². The SMILES string of the molecule is CC[C@H](NC(=O)COc1ccc(Cl)cc1Br)c1ccc(C)cc1. The van der Waals surface area contributed by atoms with Gasteiger partial charge in [0.2, 0.25) is 0 Å². The Morgan fingerprint density at radius 1 is 1.26 bits per heavy atom. The van der Waals surface area contributed by atoms with Crippen molar-refractivity contribution in [2.75, 3.05) is 6.61 Å². The van der Waals surface area contributed by atoms with Crippen LogP contribution in [-0.2, 0) is 4.79 Å². The van der Waals surface area contributed by atoms with Gasteiger partial charge in [0, 0.05) is 5.02 Å². The van der Waals surface area contributed by atoms with Crippen LogP contribution in [0.2, 0.25) is 5.02 Å². The second kappa shape index (κ2) is 8.37. The molecule has 0 spiro atoms. The molecule has 0 bridgehead atoms. The first kappa shape index (κ1) is 17.8. The highest BCUT2D eigenvalue weighted by Crippen LogP contribution is 2.28. The summed E-state index contributed by atoms with van der Waals surface area (Å²) in [6.45, 7) is 4.05. The van der Waals surface area contributed by atoms with Crippen LogP contribution in [0.3, 0.4) is 0 Å². The van der Waals surface area contributed by atoms with Crippen LogP contribution in [0.25, 0.3) is 0 Å². The summed E-state index contributed by atoms with van der Waals surface area (Å²) >= 11 is 9.25. The minimum absolute atomic E-state index is 0.0136. The maximum atomic E-state index is 12.1. The van der Waals surface area contributed by atoms with Crippen molar-refractivity contribution >= 4 is 33.4 Å². The van der Waals surface area contributed by atoms with Crippen molar-refractivity contribution in [2.24, 2.45) is 0 Å². The van der Waals surface area contributed by atoms with Crippen molar-refractivity contribution in [3.63, 3.8) is 0 Å². The summed E-state index contributed by atoms with van der Waals surface area (Å²) in [6.07, 6.45) is 0.819. The first-order chi connectivity index (χ1) is 11.0. The molecule has 2 aromatic carbocycles. The molecular formula is C18H19BrClNO2. The Labute approximate surface area is 150 Å². The largest absolute Gasteiger partial charge is 0.483 e. The molecule has 0 aliphatic heterocycles. The van der Waals surface area contributed by atoms with Crippen LogP contribution in [0.15, 0.2) is 46.9 Å². The molecule has 23 heavy (non-hydrogen) atoms. The van der Waals surface area contributed by atoms with E-state index in [-0.39, 0.29) is 18.6 Å². The summed E-state index contributed by atoms with van der Waals surface area (Å²) in [5, 5.41) is 3.61. The van der Waals surface area contributed by atoms with Gasteiger partial charge in [-0.05, 0) is 53.0 Å². The van der Waals surface area contributed by atoms with Crippen molar-refractivity contribution in [1.29, 1.82) is 0 Å². The number of aryl methyl sites for hydroxylation is 1. The van der Waals surface area contributed by atoms with Crippen molar-refractivity contribution in [3.8, 4) is 5.75 Å². The van der Waals surface area contributed by atoms with Crippen molar-refractivity contribution in [1.82, 2.24) is 5.32 Å². The van der Waals surface area contributed by atoms with Crippen LogP contribution < -0.4 is 10.1 Å². The second-order valence-electron chi connectivity index (χ2n) is 5.30. The molecule has 1 N–H and O–H groups in total. The van der Waals surface area contributed by atoms with Gasteiger partial charge in [-0.3, -0.25) is 4.79 Å². The number of rotatable bonds is 6. The molecule has 5 heteroatoms. The number of carbonyl (C=O) groups excluding carboxylic acids is 1. The lowest BCUT2D eigenvalue weighted by Gasteiger charge is -2.18. The fourth-order valence-electron chi connectivity index (χ4n) is 2.19. The molecule has 1 amide bonds. The lowest BCUT2D eigenvalue weighted by molar-refractivity contribution is -0.123. The molecule has 0 aliphatic rings. The number of halogens is 2. The summed E-state index contributed by atoms with van der Waals surface area (Å²) in [5.41, 5.74) is 2.30. The van der Waals surface area contributed by atoms with E-state index in [2.05, 4.69) is 21.2 Å². The summed E-state index contributed by atoms with van der Waals surface area (Å²) in [4.78, 5) is 12.1. The third-order valence-electron chi connectivity index (χ3n) is 3.48. The monoisotopic (exact) mass is 395 g/mol. The van der Waals surface area contributed by atoms with Crippen LogP contribution in [-0.4, -0.2) is 12.5 Å². The average molecular weight is 397 g/mol. The quantitative estimate of drug-likeness (QED) is 0.741. The molecular weight excluding hydrogens is 378 g/mol. The van der Waals surface area contributed by atoms with Gasteiger partial charge < -0.3 is 10.1 Å². The summed E-state index contributed by atoms with van der Waals surface area (Å²) in [7, 11) is 0. The maximum Gasteiger partial charge on any atom is 0.258 e. The Bertz CT molecular complexity index is 673. The first-order valence-corrected chi connectivity index (χ1v) is 8.60. The summed E-state index contributed by atoms with van der Waals surface area (Å²) < 4.78 is 6.26. The van der Waals surface area contributed by atoms with Gasteiger partial charge in [0.1, 0.15) is 5.75 Å². The van der Waals surface area contributed by atoms with Crippen LogP contribution >= 0.6 is 27.5 Å². The maximum absolute atomic E-state index is 12.1. The number of benzene rings is 2. The molecule has 0 saturated heterocycles. The zero-order valence-corrected chi connectivity index (χ0v) is 15.4. The highest BCUT2D eigenvalue weighted by molar-refractivity contribution is 9.10. The van der Waals surface area contributed by atoms with E-state index in [1.165, 1.54) is 5.56 Å². The van der Waals surface area contributed by atoms with Gasteiger partial charge in [0.15, 0.2) is 6.61 Å². The minimum Gasteiger partial charge on any atom is -0.483 e. The molecule has 2 aromatic rings. The molecule has 0 fully saturated rings. The zero-order valence-electron chi connectivity index (χ0n) is 13.1. The number of carbonyl (C=O) groups is 1. The third kappa shape index (κ3) is 5.26. The van der Waals surface area contributed by atoms with E-state index in [4.69, 9.17) is 16.3 Å². The highest BCUT2D eigenvalue weighted by Gasteiger charge is 2.13. The first-order valence-electron chi connectivity index (χ1n) is 7.43. The molecule has 0 unspecified atom stereocenters. The average Bonchev–Trinajstić information content (AvgIpc) is 2.52. The standard InChI is InChI=1S/C18H19BrClNO2/c1-3-16(13-6-4-12(2)5-7-13)21-18(22)11-23-17-9-8-14(20)10-15(17)19/h4-10,16H,3,11H2,1-2H3,(H,21,22)/t16-/m0/s1. The molecule has 0 saturated carbocycles. The van der Waals surface area contributed by atoms with Gasteiger partial charge >= 0.3 is 0 Å². The van der Waals surface area contributed by atoms with Crippen LogP contribution in [0, 0.1) is 6.92 Å². The molecule has 2 rings (SSSR count). The molecule has 0 radical (unpaired) electrons. The number of hydrogen-bond acceptors (Lipinski definition) is 2. The normalized spacial score (nSPS) is 11.8. The van der Waals surface area contributed by atoms with E-state index >= 15 is 0 Å². The van der Waals surface area contributed by atoms with E-state index in [0.29, 0.717) is 10.8 Å². The van der Waals surface area contributed by atoms with Gasteiger partial charge in [-0.1, -0.05) is 48.4 Å². The molecule has 0 aromatic heterocycles. The Hall–Kier alpha value is -1.52. The fraction of sp³-hybridized carbons (Fsp3) is 0.278. The Balaban J connectivity index is 1.93. The Kier molecular flexibility index (Phi) is 6.48. The van der Waals surface area contributed by atoms with Gasteiger partial charge in [-0.25, -0.2) is 0 Å². The van der Waals surface area contributed by atoms with E-state index in [9.17, 15) is 4.79 Å². The molecule has 0 heterocycles. The lowest BCUT2D eigenvalue weighted by atomic mass is 10.0. The Morgan fingerprint density at radius 2 is 1.96 bits per heavy atom. The number of ether oxygens (including phenoxy) is 1. The number of hydrogen-bond donors (Lipinski definition) is 1. The van der Waals surface area contributed by atoms with Crippen molar-refractivity contribution < 1.29 is 9.53 Å². The highest BCUT2D eigenvalue weighted by atomic mass is 79.9. The number of nitrogens with one attached hydrogen (secondary N) is 1. The summed E-state index contributed by atoms with van der Waals surface area (Å²) in [6, 6.07) is 13.4. The number of amides is 1. The summed E-state index contributed by atoms with van der Waals surface area (Å²) in [5.74, 6) is 0.437. The Morgan fingerprint density at radius 3 is 2.57 bits per heavy atom. The third-order valence-corrected chi connectivity index (χ3v) is 4.33. The minimum atomic E-state index is -0.153. The van der Waals surface area contributed by atoms with Gasteiger partial charge in [0.25, 0.3) is 5.91 Å². The van der Waals surface area contributed by atoms with Crippen LogP contribution in [0.1, 0.15) is 30.5 Å². The fourth-order valence-corrected chi connectivity index (χ4v) is 2.99. The molecule has 3 nitrogen and oxygen atoms in total. The van der Waals surface area contributed by atoms with Crippen molar-refractivity contribution in [3.05, 3.63) is 63.1 Å². The van der Waals surface area contributed by atoms with E-state index in [1.807, 2.05) is 38.1 Å². The second-order valence-corrected chi connectivity index (χ2v) is 6.59. The topological polar surface area (TPSA) is 38.3 Å². The van der Waals surface area contributed by atoms with Crippen LogP contribution in [0.4, 0.5) is 0 Å². The van der Waals surface area contributed by atoms with Gasteiger partial charge in [0.05, 0.1) is 10.5 Å².